The fraction of sp³-hybridized carbons (Fsp3) is 0. The molecule has 0 amide bonds. The second kappa shape index (κ2) is 16.1. The average molecular weight is 468 g/mol. The third-order valence-electron chi connectivity index (χ3n) is 0. The van der Waals surface area contributed by atoms with E-state index in [1.165, 1.54) is 0 Å². The molecule has 0 atom stereocenters. The second-order valence-corrected chi connectivity index (χ2v) is 0. The van der Waals surface area contributed by atoms with Gasteiger partial charge in [0.15, 0.2) is 0 Å². The molecule has 0 aromatic heterocycles. The van der Waals surface area contributed by atoms with Crippen molar-refractivity contribution in [2.24, 2.45) is 0 Å². The van der Waals surface area contributed by atoms with Gasteiger partial charge >= 0.3 is 175 Å². The standard InChI is InChI=1S/Bi.3Rb.3H/q;3*+1;3*-1. The first-order valence-corrected chi connectivity index (χ1v) is 0. The molecule has 3 radical (unpaired) electrons. The molecule has 0 spiro atoms. The molecular weight excluding hydrogens is 465 g/mol. The predicted octanol–water partition coefficient (Wildman–Crippen LogP) is -9.03. The summed E-state index contributed by atoms with van der Waals surface area (Å²) in [7, 11) is 0. The summed E-state index contributed by atoms with van der Waals surface area (Å²) in [5, 5.41) is 0. The van der Waals surface area contributed by atoms with Gasteiger partial charge in [-0.3, -0.25) is 0 Å². The Morgan fingerprint density at radius 2 is 0.750 bits per heavy atom. The van der Waals surface area contributed by atoms with Crippen LogP contribution in [0.5, 0.6) is 0 Å². The van der Waals surface area contributed by atoms with E-state index in [9.17, 15) is 0 Å². The molecule has 0 aliphatic carbocycles. The zero-order chi connectivity index (χ0) is 0. The minimum atomic E-state index is 0. The summed E-state index contributed by atoms with van der Waals surface area (Å²) in [4.78, 5) is 0. The molecule has 4 heavy (non-hydrogen) atoms. The van der Waals surface area contributed by atoms with Gasteiger partial charge in [-0.25, -0.2) is 0 Å². The fourth-order valence-electron chi connectivity index (χ4n) is 0. The molecule has 0 heterocycles. The van der Waals surface area contributed by atoms with Crippen LogP contribution in [0.1, 0.15) is 4.28 Å². The zero-order valence-corrected chi connectivity index (χ0v) is 21.7. The van der Waals surface area contributed by atoms with E-state index in [1.54, 1.807) is 0 Å². The van der Waals surface area contributed by atoms with Crippen molar-refractivity contribution >= 4 is 26.2 Å². The molecule has 0 aromatic carbocycles. The van der Waals surface area contributed by atoms with Gasteiger partial charge in [0.2, 0.25) is 0 Å². The van der Waals surface area contributed by atoms with Crippen LogP contribution < -0.4 is 175 Å². The van der Waals surface area contributed by atoms with Gasteiger partial charge in [-0.1, -0.05) is 0 Å². The predicted molar refractivity (Wildman–Crippen MR) is 9.09 cm³/mol. The Labute approximate surface area is 197 Å². The van der Waals surface area contributed by atoms with Crippen molar-refractivity contribution in [1.82, 2.24) is 0 Å². The van der Waals surface area contributed by atoms with E-state index in [2.05, 4.69) is 0 Å². The summed E-state index contributed by atoms with van der Waals surface area (Å²) in [5.74, 6) is 0. The van der Waals surface area contributed by atoms with Crippen molar-refractivity contribution in [1.29, 1.82) is 0 Å². The molecule has 0 fully saturated rings. The van der Waals surface area contributed by atoms with Crippen LogP contribution >= 0.6 is 0 Å². The largest absolute Gasteiger partial charge is 1.00 e. The molecule has 0 saturated heterocycles. The first-order valence-electron chi connectivity index (χ1n) is 0. The summed E-state index contributed by atoms with van der Waals surface area (Å²) in [6.07, 6.45) is 0. The van der Waals surface area contributed by atoms with Crippen LogP contribution in [-0.2, 0) is 0 Å². The van der Waals surface area contributed by atoms with Crippen LogP contribution in [0, 0.1) is 0 Å². The molecule has 0 N–H and O–H groups in total. The van der Waals surface area contributed by atoms with Gasteiger partial charge in [0.25, 0.3) is 0 Å². The first-order chi connectivity index (χ1) is 0. The Hall–Kier alpha value is 6.30. The summed E-state index contributed by atoms with van der Waals surface area (Å²) >= 11 is 0. The number of hydrogen-bond donors (Lipinski definition) is 0. The summed E-state index contributed by atoms with van der Waals surface area (Å²) in [6.45, 7) is 0. The van der Waals surface area contributed by atoms with E-state index in [1.807, 2.05) is 0 Å². The van der Waals surface area contributed by atoms with Crippen molar-refractivity contribution in [2.75, 3.05) is 0 Å². The van der Waals surface area contributed by atoms with Gasteiger partial charge in [-0.2, -0.15) is 0 Å². The fourth-order valence-corrected chi connectivity index (χ4v) is 0. The summed E-state index contributed by atoms with van der Waals surface area (Å²) in [5.41, 5.74) is 0. The molecule has 0 nitrogen and oxygen atoms in total. The van der Waals surface area contributed by atoms with Gasteiger partial charge in [0.1, 0.15) is 0 Å². The smallest absolute Gasteiger partial charge is 1.00 e. The average Bonchev–Trinajstić information content (AvgIpc) is 0. The van der Waals surface area contributed by atoms with Crippen LogP contribution in [0.3, 0.4) is 0 Å². The Morgan fingerprint density at radius 3 is 0.750 bits per heavy atom. The molecule has 0 bridgehead atoms. The van der Waals surface area contributed by atoms with Gasteiger partial charge < -0.3 is 4.28 Å². The van der Waals surface area contributed by atoms with Crippen LogP contribution in [-0.4, -0.2) is 26.2 Å². The van der Waals surface area contributed by atoms with E-state index in [0.717, 1.165) is 0 Å². The maximum absolute atomic E-state index is 0. The Balaban J connectivity index is 0. The van der Waals surface area contributed by atoms with E-state index in [4.69, 9.17) is 0 Å². The molecule has 11 valence electrons. The Morgan fingerprint density at radius 1 is 0.750 bits per heavy atom. The van der Waals surface area contributed by atoms with Crippen molar-refractivity contribution in [3.8, 4) is 0 Å². The molecule has 0 saturated carbocycles. The van der Waals surface area contributed by atoms with E-state index < -0.39 is 0 Å². The van der Waals surface area contributed by atoms with Crippen LogP contribution in [0.25, 0.3) is 0 Å². The Bertz CT molecular complexity index is 10.1. The SMILES string of the molecule is [Bi].[H-].[H-].[H-].[Rb+].[Rb+].[Rb+]. The summed E-state index contributed by atoms with van der Waals surface area (Å²) < 4.78 is 0. The third kappa shape index (κ3) is 11.1. The number of rotatable bonds is 0. The molecular formula is H3BiRb3. The zero-order valence-electron chi connectivity index (χ0n) is 6.45. The van der Waals surface area contributed by atoms with Gasteiger partial charge in [0.05, 0.1) is 0 Å². The van der Waals surface area contributed by atoms with E-state index in [0.29, 0.717) is 0 Å². The van der Waals surface area contributed by atoms with Crippen LogP contribution in [0.4, 0.5) is 0 Å². The first kappa shape index (κ1) is 22.4. The minimum absolute atomic E-state index is 0. The monoisotopic (exact) mass is 467 g/mol. The normalized spacial score (nSPS) is 0. The van der Waals surface area contributed by atoms with Gasteiger partial charge in [-0.15, -0.1) is 0 Å². The number of hydrogen-bond acceptors (Lipinski definition) is 0. The maximum Gasteiger partial charge on any atom is 1.00 e. The van der Waals surface area contributed by atoms with Crippen molar-refractivity contribution in [3.63, 3.8) is 0 Å². The molecule has 0 aromatic rings. The van der Waals surface area contributed by atoms with Gasteiger partial charge in [0, 0.05) is 26.2 Å². The molecule has 0 rings (SSSR count). The molecule has 4 heteroatoms. The summed E-state index contributed by atoms with van der Waals surface area (Å²) in [6, 6.07) is 0. The maximum atomic E-state index is 0. The van der Waals surface area contributed by atoms with Gasteiger partial charge in [-0.05, 0) is 0 Å². The minimum Gasteiger partial charge on any atom is -1.00 e. The van der Waals surface area contributed by atoms with Crippen LogP contribution in [0.2, 0.25) is 0 Å². The van der Waals surface area contributed by atoms with Crippen molar-refractivity contribution in [2.45, 2.75) is 0 Å². The van der Waals surface area contributed by atoms with E-state index in [-0.39, 0.29) is 205 Å². The topological polar surface area (TPSA) is 0 Å². The second-order valence-electron chi connectivity index (χ2n) is 0. The quantitative estimate of drug-likeness (QED) is 0.310. The third-order valence-corrected chi connectivity index (χ3v) is 0. The van der Waals surface area contributed by atoms with E-state index >= 15 is 0 Å². The molecule has 0 aliphatic heterocycles. The molecule has 0 aliphatic rings. The van der Waals surface area contributed by atoms with Crippen molar-refractivity contribution in [3.05, 3.63) is 0 Å². The van der Waals surface area contributed by atoms with Crippen molar-refractivity contribution < 1.29 is 179 Å². The Kier molecular flexibility index (Phi) is 90.6. The van der Waals surface area contributed by atoms with Crippen LogP contribution in [0.15, 0.2) is 0 Å². The molecule has 0 unspecified atom stereocenters.